The molecular formula is C32H34F3N5O3. The van der Waals surface area contributed by atoms with Gasteiger partial charge in [0.1, 0.15) is 17.3 Å². The Morgan fingerprint density at radius 3 is 2.49 bits per heavy atom. The second kappa shape index (κ2) is 12.4. The highest BCUT2D eigenvalue weighted by Crippen LogP contribution is 2.35. The molecule has 0 saturated heterocycles. The molecule has 0 aliphatic heterocycles. The van der Waals surface area contributed by atoms with Crippen LogP contribution in [0.3, 0.4) is 0 Å². The zero-order valence-electron chi connectivity index (χ0n) is 24.6. The van der Waals surface area contributed by atoms with E-state index in [1.165, 1.54) is 12.3 Å². The van der Waals surface area contributed by atoms with E-state index in [0.717, 1.165) is 59.4 Å². The number of hydrogen-bond donors (Lipinski definition) is 1. The summed E-state index contributed by atoms with van der Waals surface area (Å²) in [5, 5.41) is 4.30. The average molecular weight is 594 g/mol. The lowest BCUT2D eigenvalue weighted by atomic mass is 10.0. The van der Waals surface area contributed by atoms with Gasteiger partial charge in [-0.25, -0.2) is 9.97 Å². The van der Waals surface area contributed by atoms with Crippen molar-refractivity contribution in [3.63, 3.8) is 0 Å². The molecule has 0 fully saturated rings. The second-order valence-corrected chi connectivity index (χ2v) is 11.0. The topological polar surface area (TPSA) is 89.5 Å². The Morgan fingerprint density at radius 1 is 1.02 bits per heavy atom. The van der Waals surface area contributed by atoms with Crippen molar-refractivity contribution < 1.29 is 27.4 Å². The third kappa shape index (κ3) is 6.65. The van der Waals surface area contributed by atoms with Crippen LogP contribution in [0.5, 0.6) is 11.5 Å². The Bertz CT molecular complexity index is 1620. The maximum atomic E-state index is 13.7. The Balaban J connectivity index is 1.41. The van der Waals surface area contributed by atoms with Crippen LogP contribution in [0.25, 0.3) is 11.0 Å². The normalized spacial score (nSPS) is 12.8. The van der Waals surface area contributed by atoms with Crippen molar-refractivity contribution in [1.82, 2.24) is 19.9 Å². The summed E-state index contributed by atoms with van der Waals surface area (Å²) in [6.07, 6.45) is 0.520. The molecule has 0 unspecified atom stereocenters. The molecule has 8 nitrogen and oxygen atoms in total. The molecule has 0 saturated carbocycles. The van der Waals surface area contributed by atoms with Gasteiger partial charge in [-0.2, -0.15) is 13.2 Å². The number of nitrogens with zero attached hydrogens (tertiary/aromatic N) is 4. The molecule has 226 valence electrons. The first-order chi connectivity index (χ1) is 20.6. The van der Waals surface area contributed by atoms with Crippen LogP contribution < -0.4 is 14.8 Å². The molecule has 0 atom stereocenters. The van der Waals surface area contributed by atoms with E-state index in [0.29, 0.717) is 41.5 Å². The number of amides is 1. The Hall–Kier alpha value is -4.41. The van der Waals surface area contributed by atoms with E-state index in [1.54, 1.807) is 19.1 Å². The molecule has 3 heterocycles. The molecule has 43 heavy (non-hydrogen) atoms. The van der Waals surface area contributed by atoms with E-state index in [-0.39, 0.29) is 18.4 Å². The minimum Gasteiger partial charge on any atom is -0.497 e. The highest BCUT2D eigenvalue weighted by atomic mass is 19.4. The molecule has 0 radical (unpaired) electrons. The van der Waals surface area contributed by atoms with Gasteiger partial charge in [-0.05, 0) is 66.6 Å². The lowest BCUT2D eigenvalue weighted by Gasteiger charge is -2.24. The predicted molar refractivity (Wildman–Crippen MR) is 157 cm³/mol. The van der Waals surface area contributed by atoms with Crippen molar-refractivity contribution in [2.75, 3.05) is 26.1 Å². The number of rotatable bonds is 10. The number of carbonyl (C=O) groups excluding carboxylic acids is 1. The number of aromatic nitrogens is 3. The largest absolute Gasteiger partial charge is 0.497 e. The predicted octanol–water partition coefficient (Wildman–Crippen LogP) is 6.46. The Morgan fingerprint density at radius 2 is 1.81 bits per heavy atom. The van der Waals surface area contributed by atoms with Gasteiger partial charge in [-0.15, -0.1) is 0 Å². The standard InChI is InChI=1S/C32H34F3N5O3/c1-19(2)17-40(18-23-10-9-22(16-36-23)32(33,34)35)31(41)21-12-27-25-6-5-7-26(25)29(39-30(27)38-15-21)37-14-20-8-11-24(42-3)13-28(20)43-4/h8-13,15-16,19H,5-7,14,17-18H2,1-4H3,(H,37,38,39). The molecule has 1 N–H and O–H groups in total. The van der Waals surface area contributed by atoms with Gasteiger partial charge in [0.25, 0.3) is 5.91 Å². The van der Waals surface area contributed by atoms with Crippen molar-refractivity contribution in [1.29, 1.82) is 0 Å². The summed E-state index contributed by atoms with van der Waals surface area (Å²) in [4.78, 5) is 28.7. The second-order valence-electron chi connectivity index (χ2n) is 11.0. The maximum Gasteiger partial charge on any atom is 0.417 e. The fourth-order valence-electron chi connectivity index (χ4n) is 5.41. The number of carbonyl (C=O) groups is 1. The van der Waals surface area contributed by atoms with Gasteiger partial charge in [-0.1, -0.05) is 13.8 Å². The molecule has 1 aliphatic carbocycles. The van der Waals surface area contributed by atoms with Crippen LogP contribution in [0.1, 0.15) is 58.6 Å². The van der Waals surface area contributed by atoms with E-state index in [4.69, 9.17) is 14.5 Å². The smallest absolute Gasteiger partial charge is 0.417 e. The van der Waals surface area contributed by atoms with Crippen molar-refractivity contribution in [3.05, 3.63) is 82.3 Å². The zero-order valence-corrected chi connectivity index (χ0v) is 24.6. The molecular weight excluding hydrogens is 559 g/mol. The van der Waals surface area contributed by atoms with Crippen molar-refractivity contribution in [2.45, 2.75) is 52.4 Å². The number of methoxy groups -OCH3 is 2. The number of hydrogen-bond acceptors (Lipinski definition) is 7. The van der Waals surface area contributed by atoms with E-state index in [9.17, 15) is 18.0 Å². The number of alkyl halides is 3. The number of nitrogens with one attached hydrogen (secondary N) is 1. The Kier molecular flexibility index (Phi) is 8.70. The van der Waals surface area contributed by atoms with Crippen LogP contribution in [0.2, 0.25) is 0 Å². The van der Waals surface area contributed by atoms with Gasteiger partial charge in [-0.3, -0.25) is 9.78 Å². The van der Waals surface area contributed by atoms with E-state index < -0.39 is 11.7 Å². The summed E-state index contributed by atoms with van der Waals surface area (Å²) < 4.78 is 49.8. The number of benzene rings is 1. The average Bonchev–Trinajstić information content (AvgIpc) is 3.49. The fourth-order valence-corrected chi connectivity index (χ4v) is 5.41. The van der Waals surface area contributed by atoms with Crippen LogP contribution in [0, 0.1) is 5.92 Å². The number of fused-ring (bicyclic) bond motifs is 3. The minimum absolute atomic E-state index is 0.0845. The number of halogens is 3. The molecule has 11 heteroatoms. The highest BCUT2D eigenvalue weighted by molar-refractivity contribution is 5.98. The van der Waals surface area contributed by atoms with Gasteiger partial charge >= 0.3 is 6.18 Å². The number of ether oxygens (including phenoxy) is 2. The molecule has 0 spiro atoms. The van der Waals surface area contributed by atoms with Gasteiger partial charge in [0.15, 0.2) is 5.65 Å². The summed E-state index contributed by atoms with van der Waals surface area (Å²) in [6.45, 7) is 4.95. The molecule has 3 aromatic heterocycles. The van der Waals surface area contributed by atoms with Crippen LogP contribution >= 0.6 is 0 Å². The number of pyridine rings is 3. The summed E-state index contributed by atoms with van der Waals surface area (Å²) in [5.41, 5.74) is 3.69. The molecule has 1 amide bonds. The lowest BCUT2D eigenvalue weighted by molar-refractivity contribution is -0.137. The summed E-state index contributed by atoms with van der Waals surface area (Å²) in [6, 6.07) is 9.81. The number of aryl methyl sites for hydroxylation is 1. The first-order valence-corrected chi connectivity index (χ1v) is 14.1. The fraction of sp³-hybridized carbons (Fsp3) is 0.375. The van der Waals surface area contributed by atoms with Crippen LogP contribution in [0.4, 0.5) is 19.0 Å². The first-order valence-electron chi connectivity index (χ1n) is 14.1. The monoisotopic (exact) mass is 593 g/mol. The highest BCUT2D eigenvalue weighted by Gasteiger charge is 2.31. The molecule has 1 aromatic carbocycles. The summed E-state index contributed by atoms with van der Waals surface area (Å²) in [5.74, 6) is 2.06. The minimum atomic E-state index is -4.47. The van der Waals surface area contributed by atoms with Gasteiger partial charge in [0.2, 0.25) is 0 Å². The van der Waals surface area contributed by atoms with Crippen molar-refractivity contribution in [2.24, 2.45) is 5.92 Å². The van der Waals surface area contributed by atoms with Gasteiger partial charge in [0, 0.05) is 42.5 Å². The van der Waals surface area contributed by atoms with Crippen molar-refractivity contribution >= 4 is 22.8 Å². The SMILES string of the molecule is COc1ccc(CNc2nc3ncc(C(=O)N(Cc4ccc(C(F)(F)F)cn4)CC(C)C)cc3c3c2CCC3)c(OC)c1. The molecule has 1 aliphatic rings. The number of anilines is 1. The molecule has 5 rings (SSSR count). The summed E-state index contributed by atoms with van der Waals surface area (Å²) in [7, 11) is 3.23. The lowest BCUT2D eigenvalue weighted by Crippen LogP contribution is -2.34. The first kappa shape index (κ1) is 30.1. The quantitative estimate of drug-likeness (QED) is 0.226. The van der Waals surface area contributed by atoms with Crippen molar-refractivity contribution in [3.8, 4) is 11.5 Å². The van der Waals surface area contributed by atoms with E-state index >= 15 is 0 Å². The third-order valence-electron chi connectivity index (χ3n) is 7.48. The Labute approximate surface area is 248 Å². The van der Waals surface area contributed by atoms with E-state index in [2.05, 4.69) is 15.3 Å². The van der Waals surface area contributed by atoms with Crippen LogP contribution in [-0.4, -0.2) is 46.5 Å². The zero-order chi connectivity index (χ0) is 30.7. The molecule has 0 bridgehead atoms. The van der Waals surface area contributed by atoms with E-state index in [1.807, 2.05) is 38.1 Å². The molecule has 4 aromatic rings. The van der Waals surface area contributed by atoms with Gasteiger partial charge in [0.05, 0.1) is 37.6 Å². The van der Waals surface area contributed by atoms with Crippen LogP contribution in [0.15, 0.2) is 48.8 Å². The van der Waals surface area contributed by atoms with Crippen LogP contribution in [-0.2, 0) is 32.1 Å². The summed E-state index contributed by atoms with van der Waals surface area (Å²) >= 11 is 0. The maximum absolute atomic E-state index is 13.7. The third-order valence-corrected chi connectivity index (χ3v) is 7.48. The van der Waals surface area contributed by atoms with Gasteiger partial charge < -0.3 is 19.7 Å².